The maximum absolute atomic E-state index is 12.5. The summed E-state index contributed by atoms with van der Waals surface area (Å²) in [4.78, 5) is 39.9. The number of nitro benzene ring substituents is 1. The zero-order valence-corrected chi connectivity index (χ0v) is 16.7. The molecule has 0 radical (unpaired) electrons. The van der Waals surface area contributed by atoms with Crippen molar-refractivity contribution >= 4 is 28.9 Å². The Balaban J connectivity index is 1.56. The standard InChI is InChI=1S/C19H21N3O6S/c1-27-19(24)14-4-5-16(22(25)26)17(11-14)28-13-18(23)21-8-6-20(7-9-21)12-15-3-2-10-29-15/h2-5,10-11H,6-9,12-13H2,1H3. The zero-order valence-electron chi connectivity index (χ0n) is 15.9. The van der Waals surface area contributed by atoms with E-state index in [0.717, 1.165) is 25.7 Å². The largest absolute Gasteiger partial charge is 0.477 e. The van der Waals surface area contributed by atoms with E-state index in [1.807, 2.05) is 11.4 Å². The van der Waals surface area contributed by atoms with Gasteiger partial charge < -0.3 is 14.4 Å². The molecule has 1 fully saturated rings. The van der Waals surface area contributed by atoms with Crippen LogP contribution < -0.4 is 4.74 Å². The number of thiophene rings is 1. The summed E-state index contributed by atoms with van der Waals surface area (Å²) in [7, 11) is 1.21. The van der Waals surface area contributed by atoms with Crippen LogP contribution in [-0.2, 0) is 16.1 Å². The molecule has 0 unspecified atom stereocenters. The predicted molar refractivity (Wildman–Crippen MR) is 106 cm³/mol. The molecule has 0 N–H and O–H groups in total. The van der Waals surface area contributed by atoms with Crippen LogP contribution in [0.3, 0.4) is 0 Å². The van der Waals surface area contributed by atoms with Gasteiger partial charge in [0.1, 0.15) is 0 Å². The Morgan fingerprint density at radius 2 is 1.97 bits per heavy atom. The third kappa shape index (κ3) is 5.30. The fourth-order valence-corrected chi connectivity index (χ4v) is 3.78. The van der Waals surface area contributed by atoms with Crippen molar-refractivity contribution in [3.63, 3.8) is 0 Å². The lowest BCUT2D eigenvalue weighted by Gasteiger charge is -2.34. The van der Waals surface area contributed by atoms with Crippen LogP contribution in [0.5, 0.6) is 5.75 Å². The molecule has 1 aromatic heterocycles. The summed E-state index contributed by atoms with van der Waals surface area (Å²) in [6, 6.07) is 7.77. The van der Waals surface area contributed by atoms with Crippen LogP contribution in [-0.4, -0.2) is 66.5 Å². The van der Waals surface area contributed by atoms with Crippen LogP contribution in [0.15, 0.2) is 35.7 Å². The van der Waals surface area contributed by atoms with Crippen molar-refractivity contribution in [1.29, 1.82) is 0 Å². The monoisotopic (exact) mass is 419 g/mol. The fourth-order valence-electron chi connectivity index (χ4n) is 3.03. The Morgan fingerprint density at radius 1 is 1.21 bits per heavy atom. The molecule has 1 aromatic carbocycles. The number of amides is 1. The number of hydrogen-bond donors (Lipinski definition) is 0. The van der Waals surface area contributed by atoms with Gasteiger partial charge in [-0.15, -0.1) is 11.3 Å². The molecule has 154 valence electrons. The van der Waals surface area contributed by atoms with E-state index in [-0.39, 0.29) is 29.5 Å². The molecule has 0 bridgehead atoms. The summed E-state index contributed by atoms with van der Waals surface area (Å²) in [5.41, 5.74) is -0.200. The average Bonchev–Trinajstić information content (AvgIpc) is 3.24. The van der Waals surface area contributed by atoms with E-state index >= 15 is 0 Å². The molecule has 1 amide bonds. The molecule has 9 nitrogen and oxygen atoms in total. The normalized spacial score (nSPS) is 14.4. The van der Waals surface area contributed by atoms with E-state index in [1.54, 1.807) is 16.2 Å². The van der Waals surface area contributed by atoms with Gasteiger partial charge in [0.25, 0.3) is 5.91 Å². The van der Waals surface area contributed by atoms with E-state index in [0.29, 0.717) is 13.1 Å². The summed E-state index contributed by atoms with van der Waals surface area (Å²) in [5, 5.41) is 13.2. The van der Waals surface area contributed by atoms with Crippen LogP contribution in [0.1, 0.15) is 15.2 Å². The van der Waals surface area contributed by atoms with Crippen molar-refractivity contribution in [2.75, 3.05) is 39.9 Å². The lowest BCUT2D eigenvalue weighted by Crippen LogP contribution is -2.49. The summed E-state index contributed by atoms with van der Waals surface area (Å²) < 4.78 is 10.0. The number of methoxy groups -OCH3 is 1. The van der Waals surface area contributed by atoms with Crippen molar-refractivity contribution < 1.29 is 24.0 Å². The van der Waals surface area contributed by atoms with Gasteiger partial charge in [-0.05, 0) is 17.5 Å². The van der Waals surface area contributed by atoms with Crippen LogP contribution in [0.4, 0.5) is 5.69 Å². The average molecular weight is 419 g/mol. The number of rotatable bonds is 7. The van der Waals surface area contributed by atoms with Gasteiger partial charge in [0, 0.05) is 49.7 Å². The second kappa shape index (κ2) is 9.48. The highest BCUT2D eigenvalue weighted by Gasteiger charge is 2.24. The third-order valence-electron chi connectivity index (χ3n) is 4.61. The molecular weight excluding hydrogens is 398 g/mol. The van der Waals surface area contributed by atoms with Gasteiger partial charge in [-0.2, -0.15) is 0 Å². The van der Waals surface area contributed by atoms with E-state index in [2.05, 4.69) is 15.7 Å². The fraction of sp³-hybridized carbons (Fsp3) is 0.368. The molecule has 29 heavy (non-hydrogen) atoms. The Labute approximate surface area is 171 Å². The van der Waals surface area contributed by atoms with E-state index in [1.165, 1.54) is 24.1 Å². The Kier molecular flexibility index (Phi) is 6.78. The quantitative estimate of drug-likeness (QED) is 0.385. The first-order valence-corrected chi connectivity index (χ1v) is 9.88. The van der Waals surface area contributed by atoms with Crippen molar-refractivity contribution in [2.45, 2.75) is 6.54 Å². The predicted octanol–water partition coefficient (Wildman–Crippen LogP) is 2.17. The Bertz CT molecular complexity index is 878. The van der Waals surface area contributed by atoms with Crippen molar-refractivity contribution in [1.82, 2.24) is 9.80 Å². The number of esters is 1. The first-order valence-electron chi connectivity index (χ1n) is 9.00. The van der Waals surface area contributed by atoms with Gasteiger partial charge >= 0.3 is 11.7 Å². The minimum atomic E-state index is -0.641. The number of piperazine rings is 1. The van der Waals surface area contributed by atoms with Gasteiger partial charge in [0.05, 0.1) is 17.6 Å². The van der Waals surface area contributed by atoms with Crippen LogP contribution in [0.2, 0.25) is 0 Å². The van der Waals surface area contributed by atoms with Gasteiger partial charge in [-0.3, -0.25) is 19.8 Å². The van der Waals surface area contributed by atoms with Gasteiger partial charge in [0.15, 0.2) is 12.4 Å². The van der Waals surface area contributed by atoms with Crippen LogP contribution in [0.25, 0.3) is 0 Å². The van der Waals surface area contributed by atoms with E-state index in [9.17, 15) is 19.7 Å². The summed E-state index contributed by atoms with van der Waals surface area (Å²) >= 11 is 1.71. The molecule has 0 atom stereocenters. The minimum Gasteiger partial charge on any atom is -0.477 e. The number of nitro groups is 1. The second-order valence-electron chi connectivity index (χ2n) is 6.46. The summed E-state index contributed by atoms with van der Waals surface area (Å²) in [6.07, 6.45) is 0. The molecule has 10 heteroatoms. The number of carbonyl (C=O) groups is 2. The van der Waals surface area contributed by atoms with Gasteiger partial charge in [-0.1, -0.05) is 6.07 Å². The first kappa shape index (κ1) is 20.7. The maximum atomic E-state index is 12.5. The highest BCUT2D eigenvalue weighted by Crippen LogP contribution is 2.28. The second-order valence-corrected chi connectivity index (χ2v) is 7.49. The van der Waals surface area contributed by atoms with E-state index in [4.69, 9.17) is 4.74 Å². The number of carbonyl (C=O) groups excluding carboxylic acids is 2. The first-order chi connectivity index (χ1) is 14.0. The SMILES string of the molecule is COC(=O)c1ccc([N+](=O)[O-])c(OCC(=O)N2CCN(Cc3cccs3)CC2)c1. The lowest BCUT2D eigenvalue weighted by molar-refractivity contribution is -0.385. The highest BCUT2D eigenvalue weighted by molar-refractivity contribution is 7.09. The molecular formula is C19H21N3O6S. The Hall–Kier alpha value is -2.98. The highest BCUT2D eigenvalue weighted by atomic mass is 32.1. The summed E-state index contributed by atoms with van der Waals surface area (Å²) in [6.45, 7) is 3.16. The molecule has 3 rings (SSSR count). The Morgan fingerprint density at radius 3 is 2.59 bits per heavy atom. The molecule has 0 spiro atoms. The molecule has 1 aliphatic heterocycles. The summed E-state index contributed by atoms with van der Waals surface area (Å²) in [5.74, 6) is -1.03. The number of benzene rings is 1. The molecule has 1 aliphatic rings. The zero-order chi connectivity index (χ0) is 20.8. The minimum absolute atomic E-state index is 0.114. The molecule has 2 heterocycles. The molecule has 2 aromatic rings. The molecule has 0 aliphatic carbocycles. The van der Waals surface area contributed by atoms with Crippen LogP contribution >= 0.6 is 11.3 Å². The van der Waals surface area contributed by atoms with E-state index < -0.39 is 10.9 Å². The number of ether oxygens (including phenoxy) is 2. The molecule has 0 saturated carbocycles. The number of hydrogen-bond acceptors (Lipinski definition) is 8. The van der Waals surface area contributed by atoms with Gasteiger partial charge in [0.2, 0.25) is 0 Å². The van der Waals surface area contributed by atoms with Gasteiger partial charge in [-0.25, -0.2) is 4.79 Å². The number of nitrogens with zero attached hydrogens (tertiary/aromatic N) is 3. The van der Waals surface area contributed by atoms with Crippen molar-refractivity contribution in [2.24, 2.45) is 0 Å². The van der Waals surface area contributed by atoms with Crippen molar-refractivity contribution in [3.8, 4) is 5.75 Å². The maximum Gasteiger partial charge on any atom is 0.337 e. The molecule has 1 saturated heterocycles. The van der Waals surface area contributed by atoms with Crippen molar-refractivity contribution in [3.05, 3.63) is 56.3 Å². The third-order valence-corrected chi connectivity index (χ3v) is 5.47. The van der Waals surface area contributed by atoms with Crippen LogP contribution in [0, 0.1) is 10.1 Å². The smallest absolute Gasteiger partial charge is 0.337 e. The topological polar surface area (TPSA) is 102 Å². The lowest BCUT2D eigenvalue weighted by atomic mass is 10.2.